The fraction of sp³-hybridized carbons (Fsp3) is 0.294. The van der Waals surface area contributed by atoms with Gasteiger partial charge in [0.1, 0.15) is 11.6 Å². The predicted molar refractivity (Wildman–Crippen MR) is 85.4 cm³/mol. The van der Waals surface area contributed by atoms with Crippen LogP contribution in [0.4, 0.5) is 4.39 Å². The zero-order valence-electron chi connectivity index (χ0n) is 13.0. The molecule has 0 amide bonds. The van der Waals surface area contributed by atoms with Gasteiger partial charge in [0.15, 0.2) is 0 Å². The van der Waals surface area contributed by atoms with Gasteiger partial charge in [-0.3, -0.25) is 0 Å². The van der Waals surface area contributed by atoms with Crippen LogP contribution < -0.4 is 9.46 Å². The maximum atomic E-state index is 13.2. The average Bonchev–Trinajstić information content (AvgIpc) is 3.27. The maximum absolute atomic E-state index is 13.2. The minimum Gasteiger partial charge on any atom is -0.497 e. The highest BCUT2D eigenvalue weighted by atomic mass is 32.2. The third kappa shape index (κ3) is 3.09. The molecule has 0 spiro atoms. The van der Waals surface area contributed by atoms with Crippen LogP contribution in [0.1, 0.15) is 24.0 Å². The largest absolute Gasteiger partial charge is 0.497 e. The molecular formula is C17H18FNO3S. The van der Waals surface area contributed by atoms with Crippen molar-refractivity contribution in [3.63, 3.8) is 0 Å². The number of methoxy groups -OCH3 is 1. The second-order valence-electron chi connectivity index (χ2n) is 5.83. The quantitative estimate of drug-likeness (QED) is 0.913. The Bertz CT molecular complexity index is 827. The second kappa shape index (κ2) is 5.62. The molecule has 4 nitrogen and oxygen atoms in total. The molecular weight excluding hydrogens is 317 g/mol. The lowest BCUT2D eigenvalue weighted by Gasteiger charge is -2.19. The molecule has 1 aliphatic rings. The van der Waals surface area contributed by atoms with Crippen molar-refractivity contribution in [3.8, 4) is 5.75 Å². The zero-order chi connectivity index (χ0) is 16.7. The number of hydrogen-bond acceptors (Lipinski definition) is 3. The van der Waals surface area contributed by atoms with Crippen molar-refractivity contribution < 1.29 is 17.5 Å². The van der Waals surface area contributed by atoms with Crippen molar-refractivity contribution >= 4 is 10.0 Å². The van der Waals surface area contributed by atoms with E-state index in [0.29, 0.717) is 5.56 Å². The van der Waals surface area contributed by atoms with E-state index in [1.54, 1.807) is 14.0 Å². The molecule has 1 saturated carbocycles. The lowest BCUT2D eigenvalue weighted by Crippen LogP contribution is -2.35. The van der Waals surface area contributed by atoms with Crippen molar-refractivity contribution in [3.05, 3.63) is 59.4 Å². The van der Waals surface area contributed by atoms with Crippen molar-refractivity contribution in [2.24, 2.45) is 0 Å². The Morgan fingerprint density at radius 2 is 1.78 bits per heavy atom. The fourth-order valence-corrected chi connectivity index (χ4v) is 4.39. The Kier molecular flexibility index (Phi) is 3.90. The van der Waals surface area contributed by atoms with E-state index in [4.69, 9.17) is 4.74 Å². The van der Waals surface area contributed by atoms with E-state index in [9.17, 15) is 12.8 Å². The first-order valence-electron chi connectivity index (χ1n) is 7.31. The van der Waals surface area contributed by atoms with Gasteiger partial charge in [-0.25, -0.2) is 17.5 Å². The first-order valence-corrected chi connectivity index (χ1v) is 8.79. The normalized spacial score (nSPS) is 16.1. The lowest BCUT2D eigenvalue weighted by molar-refractivity contribution is 0.414. The van der Waals surface area contributed by atoms with Gasteiger partial charge in [0.25, 0.3) is 0 Å². The standard InChI is InChI=1S/C17H18FNO3S/c1-12-11-14(18)5-8-16(12)23(20,21)19-17(9-10-17)13-3-6-15(22-2)7-4-13/h3-8,11,19H,9-10H2,1-2H3. The van der Waals surface area contributed by atoms with Crippen LogP contribution in [-0.2, 0) is 15.6 Å². The van der Waals surface area contributed by atoms with Crippen molar-refractivity contribution in [1.29, 1.82) is 0 Å². The molecule has 0 heterocycles. The first kappa shape index (κ1) is 16.0. The number of halogens is 1. The van der Waals surface area contributed by atoms with E-state index in [0.717, 1.165) is 30.2 Å². The van der Waals surface area contributed by atoms with Crippen molar-refractivity contribution in [2.45, 2.75) is 30.2 Å². The highest BCUT2D eigenvalue weighted by Gasteiger charge is 2.47. The molecule has 1 aliphatic carbocycles. The van der Waals surface area contributed by atoms with Gasteiger partial charge in [-0.05, 0) is 61.2 Å². The van der Waals surface area contributed by atoms with Gasteiger partial charge in [0, 0.05) is 0 Å². The van der Waals surface area contributed by atoms with Crippen LogP contribution >= 0.6 is 0 Å². The van der Waals surface area contributed by atoms with Gasteiger partial charge in [0.2, 0.25) is 10.0 Å². The average molecular weight is 335 g/mol. The van der Waals surface area contributed by atoms with Gasteiger partial charge in [-0.1, -0.05) is 12.1 Å². The maximum Gasteiger partial charge on any atom is 0.241 e. The van der Waals surface area contributed by atoms with Crippen LogP contribution in [0.25, 0.3) is 0 Å². The van der Waals surface area contributed by atoms with Gasteiger partial charge < -0.3 is 4.74 Å². The molecule has 2 aromatic rings. The van der Waals surface area contributed by atoms with E-state index in [1.165, 1.54) is 12.1 Å². The molecule has 0 saturated heterocycles. The molecule has 6 heteroatoms. The molecule has 0 unspecified atom stereocenters. The lowest BCUT2D eigenvalue weighted by atomic mass is 10.1. The Labute approximate surface area is 135 Å². The van der Waals surface area contributed by atoms with E-state index < -0.39 is 21.4 Å². The Balaban J connectivity index is 1.90. The third-order valence-electron chi connectivity index (χ3n) is 4.15. The monoisotopic (exact) mass is 335 g/mol. The van der Waals surface area contributed by atoms with Gasteiger partial charge in [0.05, 0.1) is 17.5 Å². The van der Waals surface area contributed by atoms with E-state index in [-0.39, 0.29) is 4.90 Å². The highest BCUT2D eigenvalue weighted by Crippen LogP contribution is 2.47. The summed E-state index contributed by atoms with van der Waals surface area (Å²) in [5.41, 5.74) is 0.719. The van der Waals surface area contributed by atoms with E-state index in [2.05, 4.69) is 4.72 Å². The minimum absolute atomic E-state index is 0.110. The van der Waals surface area contributed by atoms with Crippen LogP contribution in [-0.4, -0.2) is 15.5 Å². The summed E-state index contributed by atoms with van der Waals surface area (Å²) in [5.74, 6) is 0.277. The number of hydrogen-bond donors (Lipinski definition) is 1. The van der Waals surface area contributed by atoms with Gasteiger partial charge >= 0.3 is 0 Å². The molecule has 2 aromatic carbocycles. The summed E-state index contributed by atoms with van der Waals surface area (Å²) in [7, 11) is -2.13. The Morgan fingerprint density at radius 1 is 1.13 bits per heavy atom. The first-order chi connectivity index (χ1) is 10.9. The van der Waals surface area contributed by atoms with Gasteiger partial charge in [-0.2, -0.15) is 0 Å². The Hall–Kier alpha value is -1.92. The number of benzene rings is 2. The summed E-state index contributed by atoms with van der Waals surface area (Å²) in [6.45, 7) is 1.59. The number of rotatable bonds is 5. The molecule has 3 rings (SSSR count). The summed E-state index contributed by atoms with van der Waals surface area (Å²) in [4.78, 5) is 0.110. The molecule has 1 fully saturated rings. The summed E-state index contributed by atoms with van der Waals surface area (Å²) >= 11 is 0. The molecule has 23 heavy (non-hydrogen) atoms. The van der Waals surface area contributed by atoms with Crippen LogP contribution in [0.2, 0.25) is 0 Å². The third-order valence-corrected chi connectivity index (χ3v) is 5.85. The van der Waals surface area contributed by atoms with Crippen molar-refractivity contribution in [2.75, 3.05) is 7.11 Å². The number of aryl methyl sites for hydroxylation is 1. The van der Waals surface area contributed by atoms with Crippen LogP contribution in [0.15, 0.2) is 47.4 Å². The number of sulfonamides is 1. The molecule has 122 valence electrons. The van der Waals surface area contributed by atoms with E-state index in [1.807, 2.05) is 24.3 Å². The summed E-state index contributed by atoms with van der Waals surface area (Å²) in [6.07, 6.45) is 1.47. The van der Waals surface area contributed by atoms with Crippen LogP contribution in [0.5, 0.6) is 5.75 Å². The minimum atomic E-state index is -3.71. The van der Waals surface area contributed by atoms with E-state index >= 15 is 0 Å². The van der Waals surface area contributed by atoms with Crippen LogP contribution in [0.3, 0.4) is 0 Å². The Morgan fingerprint density at radius 3 is 2.30 bits per heavy atom. The summed E-state index contributed by atoms with van der Waals surface area (Å²) in [5, 5.41) is 0. The molecule has 0 atom stereocenters. The summed E-state index contributed by atoms with van der Waals surface area (Å²) < 4.78 is 46.4. The van der Waals surface area contributed by atoms with Crippen molar-refractivity contribution in [1.82, 2.24) is 4.72 Å². The smallest absolute Gasteiger partial charge is 0.241 e. The zero-order valence-corrected chi connectivity index (χ0v) is 13.8. The van der Waals surface area contributed by atoms with Crippen LogP contribution in [0, 0.1) is 12.7 Å². The molecule has 0 radical (unpaired) electrons. The SMILES string of the molecule is COc1ccc(C2(NS(=O)(=O)c3ccc(F)cc3C)CC2)cc1. The molecule has 0 aromatic heterocycles. The predicted octanol–water partition coefficient (Wildman–Crippen LogP) is 3.11. The fourth-order valence-electron chi connectivity index (χ4n) is 2.71. The molecule has 0 bridgehead atoms. The molecule has 1 N–H and O–H groups in total. The van der Waals surface area contributed by atoms with Gasteiger partial charge in [-0.15, -0.1) is 0 Å². The number of ether oxygens (including phenoxy) is 1. The highest BCUT2D eigenvalue weighted by molar-refractivity contribution is 7.89. The second-order valence-corrected chi connectivity index (χ2v) is 7.48. The molecule has 0 aliphatic heterocycles. The number of nitrogens with one attached hydrogen (secondary N) is 1. The summed E-state index contributed by atoms with van der Waals surface area (Å²) in [6, 6.07) is 11.0. The topological polar surface area (TPSA) is 55.4 Å².